The van der Waals surface area contributed by atoms with E-state index in [0.29, 0.717) is 24.5 Å². The van der Waals surface area contributed by atoms with E-state index >= 15 is 0 Å². The van der Waals surface area contributed by atoms with Crippen LogP contribution in [-0.2, 0) is 13.1 Å². The van der Waals surface area contributed by atoms with Gasteiger partial charge in [0.25, 0.3) is 0 Å². The molecule has 0 saturated heterocycles. The number of aryl methyl sites for hydroxylation is 2. The topological polar surface area (TPSA) is 172 Å². The van der Waals surface area contributed by atoms with Crippen LogP contribution in [0.5, 0.6) is 5.75 Å². The summed E-state index contributed by atoms with van der Waals surface area (Å²) in [6, 6.07) is 7.29. The molecule has 0 bridgehead atoms. The number of imidazole rings is 1. The first kappa shape index (κ1) is 27.9. The largest absolute Gasteiger partial charge is 0.494 e. The molecule has 0 radical (unpaired) electrons. The van der Waals surface area contributed by atoms with Crippen LogP contribution in [0.4, 0.5) is 5.69 Å². The molecular weight excluding hydrogens is 442 g/mol. The summed E-state index contributed by atoms with van der Waals surface area (Å²) >= 11 is 0. The molecule has 0 amide bonds. The number of benzene rings is 1. The lowest BCUT2D eigenvalue weighted by Gasteiger charge is -2.07. The van der Waals surface area contributed by atoms with Gasteiger partial charge in [-0.2, -0.15) is 0 Å². The number of hydrogen-bond donors (Lipinski definition) is 5. The molecule has 1 aromatic heterocycles. The van der Waals surface area contributed by atoms with Gasteiger partial charge in [-0.3, -0.25) is 10.4 Å². The molecule has 0 fully saturated rings. The third kappa shape index (κ3) is 11.3. The summed E-state index contributed by atoms with van der Waals surface area (Å²) in [5.41, 5.74) is 22.6. The molecule has 33 heavy (non-hydrogen) atoms. The van der Waals surface area contributed by atoms with Crippen LogP contribution in [0.25, 0.3) is 0 Å². The lowest BCUT2D eigenvalue weighted by atomic mass is 10.1. The SMILES string of the molecule is Cl.N=c1n(CCCCCCCCN=C(N)N)ccn1CCCOc1ccc(N=C(N)N)cc1. The Morgan fingerprint density at radius 2 is 1.36 bits per heavy atom. The highest BCUT2D eigenvalue weighted by Crippen LogP contribution is 2.18. The van der Waals surface area contributed by atoms with Gasteiger partial charge >= 0.3 is 0 Å². The molecule has 1 aromatic carbocycles. The third-order valence-electron chi connectivity index (χ3n) is 4.98. The van der Waals surface area contributed by atoms with Crippen LogP contribution in [0.1, 0.15) is 44.9 Å². The predicted octanol–water partition coefficient (Wildman–Crippen LogP) is 2.18. The zero-order valence-corrected chi connectivity index (χ0v) is 20.0. The van der Waals surface area contributed by atoms with Crippen LogP contribution >= 0.6 is 12.4 Å². The Labute approximate surface area is 201 Å². The molecule has 0 spiro atoms. The summed E-state index contributed by atoms with van der Waals surface area (Å²) in [6.45, 7) is 2.90. The minimum atomic E-state index is 0. The van der Waals surface area contributed by atoms with Crippen LogP contribution in [-0.4, -0.2) is 34.2 Å². The Bertz CT molecular complexity index is 911. The zero-order chi connectivity index (χ0) is 23.2. The van der Waals surface area contributed by atoms with E-state index in [-0.39, 0.29) is 24.3 Å². The Morgan fingerprint density at radius 1 is 0.788 bits per heavy atom. The number of hydrogen-bond acceptors (Lipinski definition) is 4. The average molecular weight is 480 g/mol. The number of aliphatic imine (C=N–C) groups is 2. The second-order valence-corrected chi connectivity index (χ2v) is 7.67. The Kier molecular flexibility index (Phi) is 13.2. The van der Waals surface area contributed by atoms with Gasteiger partial charge in [-0.15, -0.1) is 12.4 Å². The first-order valence-corrected chi connectivity index (χ1v) is 11.1. The molecule has 0 unspecified atom stereocenters. The van der Waals surface area contributed by atoms with Crippen molar-refractivity contribution in [2.45, 2.75) is 58.0 Å². The summed E-state index contributed by atoms with van der Waals surface area (Å²) in [4.78, 5) is 7.97. The van der Waals surface area contributed by atoms with Gasteiger partial charge in [-0.25, -0.2) is 4.99 Å². The van der Waals surface area contributed by atoms with Gasteiger partial charge < -0.3 is 36.8 Å². The molecule has 184 valence electrons. The molecule has 11 heteroatoms. The van der Waals surface area contributed by atoms with Crippen molar-refractivity contribution < 1.29 is 4.74 Å². The summed E-state index contributed by atoms with van der Waals surface area (Å²) in [7, 11) is 0. The van der Waals surface area contributed by atoms with Crippen molar-refractivity contribution in [3.05, 3.63) is 42.3 Å². The molecule has 0 aliphatic carbocycles. The fourth-order valence-electron chi connectivity index (χ4n) is 3.33. The van der Waals surface area contributed by atoms with Crippen molar-refractivity contribution in [1.82, 2.24) is 9.13 Å². The number of rotatable bonds is 15. The Morgan fingerprint density at radius 3 is 1.97 bits per heavy atom. The molecule has 1 heterocycles. The number of ether oxygens (including phenoxy) is 1. The molecule has 0 aliphatic heterocycles. The number of aromatic nitrogens is 2. The lowest BCUT2D eigenvalue weighted by molar-refractivity contribution is 0.300. The van der Waals surface area contributed by atoms with Gasteiger partial charge in [0.1, 0.15) is 5.75 Å². The van der Waals surface area contributed by atoms with Crippen molar-refractivity contribution in [2.75, 3.05) is 13.2 Å². The molecule has 2 aromatic rings. The van der Waals surface area contributed by atoms with Gasteiger partial charge in [0.05, 0.1) is 12.3 Å². The minimum absolute atomic E-state index is 0. The van der Waals surface area contributed by atoms with Crippen LogP contribution in [0.3, 0.4) is 0 Å². The molecule has 0 aliphatic rings. The predicted molar refractivity (Wildman–Crippen MR) is 136 cm³/mol. The van der Waals surface area contributed by atoms with Crippen LogP contribution in [0.2, 0.25) is 0 Å². The number of nitrogens with zero attached hydrogens (tertiary/aromatic N) is 4. The number of unbranched alkanes of at least 4 members (excludes halogenated alkanes) is 5. The van der Waals surface area contributed by atoms with Gasteiger partial charge in [-0.05, 0) is 43.5 Å². The highest BCUT2D eigenvalue weighted by atomic mass is 35.5. The van der Waals surface area contributed by atoms with Crippen molar-refractivity contribution in [3.8, 4) is 5.75 Å². The zero-order valence-electron chi connectivity index (χ0n) is 19.2. The van der Waals surface area contributed by atoms with Gasteiger partial charge in [0.15, 0.2) is 11.9 Å². The number of guanidine groups is 2. The van der Waals surface area contributed by atoms with Crippen LogP contribution in [0, 0.1) is 5.41 Å². The van der Waals surface area contributed by atoms with E-state index in [1.807, 2.05) is 33.7 Å². The fraction of sp³-hybridized carbons (Fsp3) is 0.500. The molecular formula is C22H38ClN9O. The highest BCUT2D eigenvalue weighted by Gasteiger charge is 2.01. The monoisotopic (exact) mass is 479 g/mol. The number of nitrogens with two attached hydrogens (primary N) is 4. The van der Waals surface area contributed by atoms with Crippen LogP contribution in [0.15, 0.2) is 46.6 Å². The van der Waals surface area contributed by atoms with E-state index in [1.165, 1.54) is 12.8 Å². The van der Waals surface area contributed by atoms with Crippen molar-refractivity contribution >= 4 is 30.0 Å². The standard InChI is InChI=1S/C22H37N9O.ClH/c23-20(24)28-12-5-3-1-2-4-6-13-30-15-16-31(22(30)27)14-7-17-32-19-10-8-18(9-11-19)29-21(25)26;/h8-11,15-16,27H,1-7,12-14,17H2,(H4,23,24,28)(H4,25,26,29);1H. The van der Waals surface area contributed by atoms with Gasteiger partial charge in [0.2, 0.25) is 5.62 Å². The first-order chi connectivity index (χ1) is 15.5. The number of halogens is 1. The Balaban J connectivity index is 0.00000544. The molecule has 0 atom stereocenters. The van der Waals surface area contributed by atoms with E-state index < -0.39 is 0 Å². The second kappa shape index (κ2) is 15.6. The smallest absolute Gasteiger partial charge is 0.202 e. The third-order valence-corrected chi connectivity index (χ3v) is 4.98. The molecule has 2 rings (SSSR count). The van der Waals surface area contributed by atoms with E-state index in [9.17, 15) is 0 Å². The second-order valence-electron chi connectivity index (χ2n) is 7.67. The maximum absolute atomic E-state index is 8.35. The first-order valence-electron chi connectivity index (χ1n) is 11.1. The normalized spacial score (nSPS) is 10.3. The van der Waals surface area contributed by atoms with E-state index in [4.69, 9.17) is 33.1 Å². The summed E-state index contributed by atoms with van der Waals surface area (Å²) in [5.74, 6) is 0.970. The van der Waals surface area contributed by atoms with E-state index in [2.05, 4.69) is 9.98 Å². The average Bonchev–Trinajstić information content (AvgIpc) is 3.10. The number of nitrogens with one attached hydrogen (secondary N) is 1. The quantitative estimate of drug-likeness (QED) is 0.149. The maximum Gasteiger partial charge on any atom is 0.202 e. The summed E-state index contributed by atoms with van der Waals surface area (Å²) in [5, 5.41) is 8.35. The van der Waals surface area contributed by atoms with E-state index in [0.717, 1.165) is 50.9 Å². The lowest BCUT2D eigenvalue weighted by Crippen LogP contribution is -2.25. The molecule has 9 N–H and O–H groups in total. The maximum atomic E-state index is 8.35. The van der Waals surface area contributed by atoms with Gasteiger partial charge in [0, 0.05) is 32.0 Å². The van der Waals surface area contributed by atoms with Crippen molar-refractivity contribution in [2.24, 2.45) is 32.9 Å². The van der Waals surface area contributed by atoms with Crippen LogP contribution < -0.4 is 33.3 Å². The van der Waals surface area contributed by atoms with Crippen molar-refractivity contribution in [1.29, 1.82) is 5.41 Å². The Hall–Kier alpha value is -3.14. The fourth-order valence-corrected chi connectivity index (χ4v) is 3.33. The van der Waals surface area contributed by atoms with Crippen molar-refractivity contribution in [3.63, 3.8) is 0 Å². The minimum Gasteiger partial charge on any atom is -0.494 e. The molecule has 10 nitrogen and oxygen atoms in total. The van der Waals surface area contributed by atoms with E-state index in [1.54, 1.807) is 12.1 Å². The highest BCUT2D eigenvalue weighted by molar-refractivity contribution is 5.85. The molecule has 0 saturated carbocycles. The van der Waals surface area contributed by atoms with Gasteiger partial charge in [-0.1, -0.05) is 25.7 Å². The summed E-state index contributed by atoms with van der Waals surface area (Å²) < 4.78 is 9.72. The summed E-state index contributed by atoms with van der Waals surface area (Å²) in [6.07, 6.45) is 11.6.